The molecular weight excluding hydrogens is 281 g/mol. The number of hydrogen-bond acceptors (Lipinski definition) is 2. The Balaban J connectivity index is 1.91. The van der Waals surface area contributed by atoms with Gasteiger partial charge in [-0.15, -0.1) is 0 Å². The number of ether oxygens (including phenoxy) is 1. The molecule has 2 aromatic carbocycles. The van der Waals surface area contributed by atoms with E-state index in [4.69, 9.17) is 10.5 Å². The SMILES string of the molecule is Cc1cc(F)ccc1Oc1ccc2c(c1)CCC=C2C(N)=O. The van der Waals surface area contributed by atoms with Crippen molar-refractivity contribution in [1.82, 2.24) is 0 Å². The van der Waals surface area contributed by atoms with Crippen molar-refractivity contribution in [1.29, 1.82) is 0 Å². The lowest BCUT2D eigenvalue weighted by molar-refractivity contribution is -0.112. The average molecular weight is 297 g/mol. The van der Waals surface area contributed by atoms with Crippen LogP contribution >= 0.6 is 0 Å². The molecule has 2 N–H and O–H groups in total. The highest BCUT2D eigenvalue weighted by Crippen LogP contribution is 2.32. The Morgan fingerprint density at radius 2 is 2.05 bits per heavy atom. The first-order valence-electron chi connectivity index (χ1n) is 7.12. The topological polar surface area (TPSA) is 52.3 Å². The van der Waals surface area contributed by atoms with Crippen LogP contribution in [0.1, 0.15) is 23.1 Å². The zero-order valence-electron chi connectivity index (χ0n) is 12.2. The van der Waals surface area contributed by atoms with E-state index in [0.29, 0.717) is 17.1 Å². The summed E-state index contributed by atoms with van der Waals surface area (Å²) in [6, 6.07) is 9.96. The fraction of sp³-hybridized carbons (Fsp3) is 0.167. The first kappa shape index (κ1) is 14.3. The molecule has 0 radical (unpaired) electrons. The molecule has 2 aromatic rings. The van der Waals surface area contributed by atoms with Gasteiger partial charge in [-0.25, -0.2) is 4.39 Å². The minimum atomic E-state index is -0.413. The van der Waals surface area contributed by atoms with Gasteiger partial charge in [-0.2, -0.15) is 0 Å². The fourth-order valence-electron chi connectivity index (χ4n) is 2.67. The van der Waals surface area contributed by atoms with E-state index in [2.05, 4.69) is 0 Å². The molecule has 1 aliphatic rings. The van der Waals surface area contributed by atoms with Crippen molar-refractivity contribution in [3.05, 3.63) is 65.0 Å². The first-order valence-corrected chi connectivity index (χ1v) is 7.12. The summed E-state index contributed by atoms with van der Waals surface area (Å²) >= 11 is 0. The number of benzene rings is 2. The third-order valence-corrected chi connectivity index (χ3v) is 3.76. The predicted octanol–water partition coefficient (Wildman–Crippen LogP) is 3.74. The minimum absolute atomic E-state index is 0.286. The molecule has 1 amide bonds. The second-order valence-corrected chi connectivity index (χ2v) is 5.35. The quantitative estimate of drug-likeness (QED) is 0.938. The van der Waals surface area contributed by atoms with E-state index in [-0.39, 0.29) is 5.82 Å². The molecule has 0 bridgehead atoms. The Bertz CT molecular complexity index is 781. The number of primary amides is 1. The van der Waals surface area contributed by atoms with Gasteiger partial charge in [0, 0.05) is 5.57 Å². The number of rotatable bonds is 3. The van der Waals surface area contributed by atoms with Crippen molar-refractivity contribution in [3.63, 3.8) is 0 Å². The number of fused-ring (bicyclic) bond motifs is 1. The van der Waals surface area contributed by atoms with Crippen LogP contribution in [0, 0.1) is 12.7 Å². The zero-order chi connectivity index (χ0) is 15.7. The third kappa shape index (κ3) is 2.72. The minimum Gasteiger partial charge on any atom is -0.457 e. The molecule has 3 nitrogen and oxygen atoms in total. The van der Waals surface area contributed by atoms with Crippen LogP contribution in [0.5, 0.6) is 11.5 Å². The number of hydrogen-bond donors (Lipinski definition) is 1. The van der Waals surface area contributed by atoms with E-state index in [1.165, 1.54) is 12.1 Å². The molecule has 22 heavy (non-hydrogen) atoms. The van der Waals surface area contributed by atoms with Gasteiger partial charge in [0.2, 0.25) is 5.91 Å². The van der Waals surface area contributed by atoms with Crippen LogP contribution in [0.2, 0.25) is 0 Å². The molecule has 4 heteroatoms. The molecule has 0 heterocycles. The van der Waals surface area contributed by atoms with E-state index in [1.54, 1.807) is 19.1 Å². The van der Waals surface area contributed by atoms with Crippen LogP contribution in [0.25, 0.3) is 5.57 Å². The van der Waals surface area contributed by atoms with Gasteiger partial charge in [0.05, 0.1) is 0 Å². The Kier molecular flexibility index (Phi) is 3.67. The second-order valence-electron chi connectivity index (χ2n) is 5.35. The number of carbonyl (C=O) groups excluding carboxylic acids is 1. The summed E-state index contributed by atoms with van der Waals surface area (Å²) in [5.41, 5.74) is 8.60. The zero-order valence-corrected chi connectivity index (χ0v) is 12.2. The van der Waals surface area contributed by atoms with Crippen molar-refractivity contribution in [3.8, 4) is 11.5 Å². The summed E-state index contributed by atoms with van der Waals surface area (Å²) < 4.78 is 18.9. The van der Waals surface area contributed by atoms with E-state index in [1.807, 2.05) is 18.2 Å². The Morgan fingerprint density at radius 3 is 2.77 bits per heavy atom. The van der Waals surface area contributed by atoms with E-state index < -0.39 is 5.91 Å². The highest BCUT2D eigenvalue weighted by atomic mass is 19.1. The summed E-state index contributed by atoms with van der Waals surface area (Å²) in [4.78, 5) is 11.5. The van der Waals surface area contributed by atoms with Gasteiger partial charge in [-0.05, 0) is 66.8 Å². The summed E-state index contributed by atoms with van der Waals surface area (Å²) in [5.74, 6) is 0.581. The summed E-state index contributed by atoms with van der Waals surface area (Å²) in [7, 11) is 0. The van der Waals surface area contributed by atoms with Crippen molar-refractivity contribution >= 4 is 11.5 Å². The molecule has 0 unspecified atom stereocenters. The lowest BCUT2D eigenvalue weighted by Gasteiger charge is -2.17. The van der Waals surface area contributed by atoms with Crippen LogP contribution < -0.4 is 10.5 Å². The molecule has 112 valence electrons. The van der Waals surface area contributed by atoms with E-state index in [0.717, 1.165) is 29.5 Å². The fourth-order valence-corrected chi connectivity index (χ4v) is 2.67. The van der Waals surface area contributed by atoms with Crippen LogP contribution in [0.3, 0.4) is 0 Å². The molecule has 0 spiro atoms. The van der Waals surface area contributed by atoms with Gasteiger partial charge in [0.1, 0.15) is 17.3 Å². The Labute approximate surface area is 128 Å². The lowest BCUT2D eigenvalue weighted by Crippen LogP contribution is -2.16. The molecule has 3 rings (SSSR count). The van der Waals surface area contributed by atoms with E-state index >= 15 is 0 Å². The smallest absolute Gasteiger partial charge is 0.248 e. The molecule has 0 saturated heterocycles. The number of halogens is 1. The van der Waals surface area contributed by atoms with E-state index in [9.17, 15) is 9.18 Å². The van der Waals surface area contributed by atoms with Crippen molar-refractivity contribution in [2.24, 2.45) is 5.73 Å². The molecule has 0 aliphatic heterocycles. The van der Waals surface area contributed by atoms with Crippen LogP contribution in [-0.4, -0.2) is 5.91 Å². The summed E-state index contributed by atoms with van der Waals surface area (Å²) in [6.45, 7) is 1.80. The lowest BCUT2D eigenvalue weighted by atomic mass is 9.90. The second kappa shape index (κ2) is 5.64. The molecular formula is C18H16FNO2. The van der Waals surface area contributed by atoms with Crippen LogP contribution in [0.4, 0.5) is 4.39 Å². The van der Waals surface area contributed by atoms with Gasteiger partial charge in [0.25, 0.3) is 0 Å². The van der Waals surface area contributed by atoms with Gasteiger partial charge >= 0.3 is 0 Å². The van der Waals surface area contributed by atoms with Crippen molar-refractivity contribution in [2.45, 2.75) is 19.8 Å². The predicted molar refractivity (Wildman–Crippen MR) is 83.1 cm³/mol. The van der Waals surface area contributed by atoms with Gasteiger partial charge in [-0.1, -0.05) is 12.1 Å². The van der Waals surface area contributed by atoms with Crippen molar-refractivity contribution in [2.75, 3.05) is 0 Å². The monoisotopic (exact) mass is 297 g/mol. The maximum Gasteiger partial charge on any atom is 0.248 e. The third-order valence-electron chi connectivity index (χ3n) is 3.76. The molecule has 1 aliphatic carbocycles. The maximum absolute atomic E-state index is 13.1. The number of amides is 1. The maximum atomic E-state index is 13.1. The van der Waals surface area contributed by atoms with Crippen LogP contribution in [-0.2, 0) is 11.2 Å². The summed E-state index contributed by atoms with van der Waals surface area (Å²) in [5, 5.41) is 0. The van der Waals surface area contributed by atoms with Gasteiger partial charge in [0.15, 0.2) is 0 Å². The number of carbonyl (C=O) groups is 1. The first-order chi connectivity index (χ1) is 10.5. The van der Waals surface area contributed by atoms with Gasteiger partial charge in [-0.3, -0.25) is 4.79 Å². The normalized spacial score (nSPS) is 13.3. The highest BCUT2D eigenvalue weighted by Gasteiger charge is 2.17. The number of aryl methyl sites for hydroxylation is 2. The molecule has 0 atom stereocenters. The molecule has 0 saturated carbocycles. The van der Waals surface area contributed by atoms with Crippen molar-refractivity contribution < 1.29 is 13.9 Å². The standard InChI is InChI=1S/C18H16FNO2/c1-11-9-13(19)5-8-17(11)22-14-6-7-15-12(10-14)3-2-4-16(15)18(20)21/h4-10H,2-3H2,1H3,(H2,20,21). The number of nitrogens with two attached hydrogens (primary N) is 1. The summed E-state index contributed by atoms with van der Waals surface area (Å²) in [6.07, 6.45) is 3.49. The molecule has 0 aromatic heterocycles. The largest absolute Gasteiger partial charge is 0.457 e. The molecule has 0 fully saturated rings. The average Bonchev–Trinajstić information content (AvgIpc) is 2.49. The van der Waals surface area contributed by atoms with Crippen LogP contribution in [0.15, 0.2) is 42.5 Å². The highest BCUT2D eigenvalue weighted by molar-refractivity contribution is 6.19. The van der Waals surface area contributed by atoms with Gasteiger partial charge < -0.3 is 10.5 Å². The Morgan fingerprint density at radius 1 is 1.23 bits per heavy atom. The Hall–Kier alpha value is -2.62. The number of allylic oxidation sites excluding steroid dienone is 1.